The summed E-state index contributed by atoms with van der Waals surface area (Å²) >= 11 is 0. The van der Waals surface area contributed by atoms with Crippen LogP contribution in [0.15, 0.2) is 41.1 Å². The van der Waals surface area contributed by atoms with E-state index in [4.69, 9.17) is 4.42 Å². The second-order valence-electron chi connectivity index (χ2n) is 4.81. The van der Waals surface area contributed by atoms with E-state index >= 15 is 0 Å². The molecule has 1 fully saturated rings. The number of nitrogens with zero attached hydrogens (tertiary/aromatic N) is 2. The van der Waals surface area contributed by atoms with E-state index in [1.807, 2.05) is 29.2 Å². The molecule has 1 aliphatic heterocycles. The summed E-state index contributed by atoms with van der Waals surface area (Å²) in [5, 5.41) is 3.30. The smallest absolute Gasteiger partial charge is 0.253 e. The molecule has 104 valence electrons. The molecule has 1 aromatic heterocycles. The number of oxazole rings is 1. The standard InChI is InChI=1S/C15H17N3O2/c19-15(18-9-1-6-16-7-10-18)13-4-2-12(3-5-13)14-17-8-11-20-14/h2-5,8,11,16H,1,6-7,9-10H2. The van der Waals surface area contributed by atoms with Gasteiger partial charge in [0.2, 0.25) is 5.89 Å². The van der Waals surface area contributed by atoms with Gasteiger partial charge in [0, 0.05) is 30.8 Å². The van der Waals surface area contributed by atoms with E-state index in [1.54, 1.807) is 12.5 Å². The lowest BCUT2D eigenvalue weighted by atomic mass is 10.1. The van der Waals surface area contributed by atoms with E-state index in [0.29, 0.717) is 11.5 Å². The molecule has 0 spiro atoms. The van der Waals surface area contributed by atoms with E-state index < -0.39 is 0 Å². The lowest BCUT2D eigenvalue weighted by Gasteiger charge is -2.19. The number of nitrogens with one attached hydrogen (secondary N) is 1. The molecular weight excluding hydrogens is 254 g/mol. The van der Waals surface area contributed by atoms with Crippen molar-refractivity contribution in [1.82, 2.24) is 15.2 Å². The van der Waals surface area contributed by atoms with Crippen molar-refractivity contribution in [2.45, 2.75) is 6.42 Å². The lowest BCUT2D eigenvalue weighted by Crippen LogP contribution is -2.34. The Morgan fingerprint density at radius 2 is 2.05 bits per heavy atom. The van der Waals surface area contributed by atoms with E-state index in [-0.39, 0.29) is 5.91 Å². The minimum atomic E-state index is 0.0904. The van der Waals surface area contributed by atoms with Gasteiger partial charge >= 0.3 is 0 Å². The topological polar surface area (TPSA) is 58.4 Å². The minimum Gasteiger partial charge on any atom is -0.445 e. The molecule has 0 unspecified atom stereocenters. The van der Waals surface area contributed by atoms with Crippen molar-refractivity contribution < 1.29 is 9.21 Å². The highest BCUT2D eigenvalue weighted by molar-refractivity contribution is 5.94. The van der Waals surface area contributed by atoms with Crippen molar-refractivity contribution >= 4 is 5.91 Å². The first-order valence-corrected chi connectivity index (χ1v) is 6.84. The predicted molar refractivity (Wildman–Crippen MR) is 75.3 cm³/mol. The Morgan fingerprint density at radius 3 is 2.80 bits per heavy atom. The Morgan fingerprint density at radius 1 is 1.20 bits per heavy atom. The van der Waals surface area contributed by atoms with Crippen molar-refractivity contribution in [3.05, 3.63) is 42.3 Å². The molecule has 1 saturated heterocycles. The minimum absolute atomic E-state index is 0.0904. The molecule has 5 heteroatoms. The number of rotatable bonds is 2. The van der Waals surface area contributed by atoms with Crippen LogP contribution in [0.3, 0.4) is 0 Å². The third-order valence-electron chi connectivity index (χ3n) is 3.44. The largest absolute Gasteiger partial charge is 0.445 e. The molecule has 3 rings (SSSR count). The number of benzene rings is 1. The quantitative estimate of drug-likeness (QED) is 0.904. The molecule has 2 aromatic rings. The van der Waals surface area contributed by atoms with Gasteiger partial charge in [-0.3, -0.25) is 4.79 Å². The van der Waals surface area contributed by atoms with Crippen molar-refractivity contribution in [3.63, 3.8) is 0 Å². The zero-order chi connectivity index (χ0) is 13.8. The molecule has 1 amide bonds. The van der Waals surface area contributed by atoms with Gasteiger partial charge in [0.25, 0.3) is 5.91 Å². The molecule has 0 radical (unpaired) electrons. The number of aromatic nitrogens is 1. The summed E-state index contributed by atoms with van der Waals surface area (Å²) < 4.78 is 5.24. The fourth-order valence-corrected chi connectivity index (χ4v) is 2.35. The van der Waals surface area contributed by atoms with Gasteiger partial charge in [0.1, 0.15) is 6.26 Å². The van der Waals surface area contributed by atoms with E-state index in [2.05, 4.69) is 10.3 Å². The SMILES string of the molecule is O=C(c1ccc(-c2ncco2)cc1)N1CCCNCC1. The van der Waals surface area contributed by atoms with Crippen molar-refractivity contribution in [2.24, 2.45) is 0 Å². The summed E-state index contributed by atoms with van der Waals surface area (Å²) in [5.74, 6) is 0.663. The molecular formula is C15H17N3O2. The van der Waals surface area contributed by atoms with Crippen LogP contribution >= 0.6 is 0 Å². The van der Waals surface area contributed by atoms with Gasteiger partial charge in [-0.15, -0.1) is 0 Å². The second-order valence-corrected chi connectivity index (χ2v) is 4.81. The van der Waals surface area contributed by atoms with E-state index in [1.165, 1.54) is 0 Å². The van der Waals surface area contributed by atoms with Gasteiger partial charge in [-0.25, -0.2) is 4.98 Å². The van der Waals surface area contributed by atoms with Crippen molar-refractivity contribution in [3.8, 4) is 11.5 Å². The van der Waals surface area contributed by atoms with E-state index in [0.717, 1.165) is 38.2 Å². The van der Waals surface area contributed by atoms with Crippen LogP contribution in [0, 0.1) is 0 Å². The molecule has 1 aromatic carbocycles. The van der Waals surface area contributed by atoms with Gasteiger partial charge in [-0.2, -0.15) is 0 Å². The predicted octanol–water partition coefficient (Wildman–Crippen LogP) is 1.78. The Bertz CT molecular complexity index is 555. The van der Waals surface area contributed by atoms with Crippen molar-refractivity contribution in [1.29, 1.82) is 0 Å². The highest BCUT2D eigenvalue weighted by Crippen LogP contribution is 2.18. The normalized spacial score (nSPS) is 15.9. The van der Waals surface area contributed by atoms with Gasteiger partial charge < -0.3 is 14.6 Å². The van der Waals surface area contributed by atoms with Crippen LogP contribution in [0.5, 0.6) is 0 Å². The molecule has 1 aliphatic rings. The first-order valence-electron chi connectivity index (χ1n) is 6.84. The monoisotopic (exact) mass is 271 g/mol. The Hall–Kier alpha value is -2.14. The molecule has 2 heterocycles. The zero-order valence-electron chi connectivity index (χ0n) is 11.2. The third-order valence-corrected chi connectivity index (χ3v) is 3.44. The Balaban J connectivity index is 1.75. The van der Waals surface area contributed by atoms with Gasteiger partial charge in [0.15, 0.2) is 0 Å². The maximum atomic E-state index is 12.4. The zero-order valence-corrected chi connectivity index (χ0v) is 11.2. The van der Waals surface area contributed by atoms with Crippen LogP contribution in [-0.4, -0.2) is 42.0 Å². The number of hydrogen-bond acceptors (Lipinski definition) is 4. The van der Waals surface area contributed by atoms with Crippen LogP contribution < -0.4 is 5.32 Å². The molecule has 0 bridgehead atoms. The number of hydrogen-bond donors (Lipinski definition) is 1. The van der Waals surface area contributed by atoms with Crippen molar-refractivity contribution in [2.75, 3.05) is 26.2 Å². The molecule has 0 saturated carbocycles. The Kier molecular flexibility index (Phi) is 3.78. The first kappa shape index (κ1) is 12.9. The van der Waals surface area contributed by atoms with Crippen LogP contribution in [0.1, 0.15) is 16.8 Å². The van der Waals surface area contributed by atoms with Gasteiger partial charge in [-0.1, -0.05) is 0 Å². The summed E-state index contributed by atoms with van der Waals surface area (Å²) in [4.78, 5) is 18.4. The summed E-state index contributed by atoms with van der Waals surface area (Å²) in [7, 11) is 0. The van der Waals surface area contributed by atoms with E-state index in [9.17, 15) is 4.79 Å². The summed E-state index contributed by atoms with van der Waals surface area (Å²) in [5.41, 5.74) is 1.59. The molecule has 5 nitrogen and oxygen atoms in total. The Labute approximate surface area is 117 Å². The highest BCUT2D eigenvalue weighted by atomic mass is 16.3. The van der Waals surface area contributed by atoms with Crippen LogP contribution in [0.4, 0.5) is 0 Å². The van der Waals surface area contributed by atoms with Gasteiger partial charge in [0.05, 0.1) is 6.20 Å². The average Bonchev–Trinajstić information content (AvgIpc) is 2.89. The fraction of sp³-hybridized carbons (Fsp3) is 0.333. The van der Waals surface area contributed by atoms with Crippen LogP contribution in [0.2, 0.25) is 0 Å². The van der Waals surface area contributed by atoms with Gasteiger partial charge in [-0.05, 0) is 37.2 Å². The number of amides is 1. The lowest BCUT2D eigenvalue weighted by molar-refractivity contribution is 0.0766. The first-order chi connectivity index (χ1) is 9.84. The maximum Gasteiger partial charge on any atom is 0.253 e. The summed E-state index contributed by atoms with van der Waals surface area (Å²) in [6, 6.07) is 7.41. The fourth-order valence-electron chi connectivity index (χ4n) is 2.35. The van der Waals surface area contributed by atoms with Crippen LogP contribution in [-0.2, 0) is 0 Å². The highest BCUT2D eigenvalue weighted by Gasteiger charge is 2.17. The molecule has 20 heavy (non-hydrogen) atoms. The molecule has 0 atom stereocenters. The molecule has 1 N–H and O–H groups in total. The molecule has 0 aliphatic carbocycles. The average molecular weight is 271 g/mol. The van der Waals surface area contributed by atoms with Crippen LogP contribution in [0.25, 0.3) is 11.5 Å². The number of carbonyl (C=O) groups is 1. The number of carbonyl (C=O) groups excluding carboxylic acids is 1. The maximum absolute atomic E-state index is 12.4. The third kappa shape index (κ3) is 2.72. The summed E-state index contributed by atoms with van der Waals surface area (Å²) in [6.45, 7) is 3.42. The summed E-state index contributed by atoms with van der Waals surface area (Å²) in [6.07, 6.45) is 4.15. The second kappa shape index (κ2) is 5.88.